The number of hydrogen-bond donors (Lipinski definition) is 1. The van der Waals surface area contributed by atoms with Crippen LogP contribution >= 0.6 is 11.8 Å². The Morgan fingerprint density at radius 3 is 2.68 bits per heavy atom. The Kier molecular flexibility index (Phi) is 4.53. The first kappa shape index (κ1) is 14.4. The van der Waals surface area contributed by atoms with Gasteiger partial charge in [0.05, 0.1) is 5.41 Å². The van der Waals surface area contributed by atoms with E-state index in [1.165, 1.54) is 10.5 Å². The van der Waals surface area contributed by atoms with Crippen LogP contribution in [0.1, 0.15) is 18.9 Å². The van der Waals surface area contributed by atoms with Crippen molar-refractivity contribution in [2.75, 3.05) is 25.4 Å². The third-order valence-electron chi connectivity index (χ3n) is 3.77. The molecule has 1 N–H and O–H groups in total. The maximum absolute atomic E-state index is 11.2. The molecule has 1 aromatic carbocycles. The van der Waals surface area contributed by atoms with Crippen molar-refractivity contribution in [1.29, 1.82) is 0 Å². The summed E-state index contributed by atoms with van der Waals surface area (Å²) in [5, 5.41) is 9.19. The van der Waals surface area contributed by atoms with Crippen molar-refractivity contribution < 1.29 is 9.90 Å². The first-order valence-electron chi connectivity index (χ1n) is 6.65. The van der Waals surface area contributed by atoms with E-state index in [0.717, 1.165) is 25.3 Å². The second-order valence-corrected chi connectivity index (χ2v) is 6.72. The lowest BCUT2D eigenvalue weighted by Crippen LogP contribution is -2.32. The minimum atomic E-state index is -0.666. The van der Waals surface area contributed by atoms with E-state index in [2.05, 4.69) is 36.1 Å². The van der Waals surface area contributed by atoms with Gasteiger partial charge in [-0.2, -0.15) is 0 Å². The molecule has 4 heteroatoms. The van der Waals surface area contributed by atoms with Crippen molar-refractivity contribution in [3.05, 3.63) is 29.8 Å². The highest BCUT2D eigenvalue weighted by Gasteiger charge is 2.39. The number of aryl methyl sites for hydroxylation is 1. The van der Waals surface area contributed by atoms with E-state index in [0.29, 0.717) is 6.54 Å². The second-order valence-electron chi connectivity index (χ2n) is 5.55. The maximum atomic E-state index is 11.2. The standard InChI is InChI=1S/C15H21NO2S/c1-12-3-5-13(6-4-12)19-10-9-16-8-7-15(2,11-16)14(17)18/h3-6H,7-11H2,1-2H3,(H,17,18). The Morgan fingerprint density at radius 1 is 1.42 bits per heavy atom. The van der Waals surface area contributed by atoms with Crippen molar-refractivity contribution in [3.63, 3.8) is 0 Å². The maximum Gasteiger partial charge on any atom is 0.310 e. The Bertz CT molecular complexity index is 446. The number of carboxylic acids is 1. The fourth-order valence-corrected chi connectivity index (χ4v) is 3.26. The quantitative estimate of drug-likeness (QED) is 0.841. The van der Waals surface area contributed by atoms with Crippen LogP contribution in [0.2, 0.25) is 0 Å². The molecule has 0 aromatic heterocycles. The molecule has 1 unspecified atom stereocenters. The first-order chi connectivity index (χ1) is 8.99. The van der Waals surface area contributed by atoms with Crippen LogP contribution in [0.25, 0.3) is 0 Å². The first-order valence-corrected chi connectivity index (χ1v) is 7.63. The topological polar surface area (TPSA) is 40.5 Å². The summed E-state index contributed by atoms with van der Waals surface area (Å²) in [5.74, 6) is 0.347. The van der Waals surface area contributed by atoms with Crippen molar-refractivity contribution in [3.8, 4) is 0 Å². The minimum absolute atomic E-state index is 0.547. The summed E-state index contributed by atoms with van der Waals surface area (Å²) in [7, 11) is 0. The number of hydrogen-bond acceptors (Lipinski definition) is 3. The summed E-state index contributed by atoms with van der Waals surface area (Å²) in [4.78, 5) is 14.7. The molecule has 19 heavy (non-hydrogen) atoms. The SMILES string of the molecule is Cc1ccc(SCCN2CCC(C)(C(=O)O)C2)cc1. The van der Waals surface area contributed by atoms with Gasteiger partial charge in [-0.15, -0.1) is 11.8 Å². The molecule has 2 rings (SSSR count). The van der Waals surface area contributed by atoms with Crippen LogP contribution in [-0.4, -0.2) is 41.4 Å². The highest BCUT2D eigenvalue weighted by molar-refractivity contribution is 7.99. The van der Waals surface area contributed by atoms with Crippen molar-refractivity contribution in [2.45, 2.75) is 25.2 Å². The number of carboxylic acid groups (broad SMARTS) is 1. The molecule has 1 aliphatic heterocycles. The number of benzene rings is 1. The molecule has 1 saturated heterocycles. The van der Waals surface area contributed by atoms with Crippen LogP contribution < -0.4 is 0 Å². The van der Waals surface area contributed by atoms with Gasteiger partial charge in [-0.05, 0) is 38.9 Å². The van der Waals surface area contributed by atoms with E-state index in [-0.39, 0.29) is 0 Å². The van der Waals surface area contributed by atoms with Crippen LogP contribution in [0, 0.1) is 12.3 Å². The van der Waals surface area contributed by atoms with Crippen molar-refractivity contribution in [1.82, 2.24) is 4.90 Å². The van der Waals surface area contributed by atoms with Gasteiger partial charge < -0.3 is 10.0 Å². The van der Waals surface area contributed by atoms with E-state index < -0.39 is 11.4 Å². The number of nitrogens with zero attached hydrogens (tertiary/aromatic N) is 1. The molecule has 0 radical (unpaired) electrons. The van der Waals surface area contributed by atoms with Crippen LogP contribution in [0.4, 0.5) is 0 Å². The van der Waals surface area contributed by atoms with Gasteiger partial charge in [0.2, 0.25) is 0 Å². The number of thioether (sulfide) groups is 1. The Balaban J connectivity index is 1.75. The fourth-order valence-electron chi connectivity index (χ4n) is 2.35. The monoisotopic (exact) mass is 279 g/mol. The molecule has 1 aromatic rings. The van der Waals surface area contributed by atoms with Crippen LogP contribution in [0.3, 0.4) is 0 Å². The zero-order valence-corrected chi connectivity index (χ0v) is 12.4. The molecule has 1 aliphatic rings. The van der Waals surface area contributed by atoms with Gasteiger partial charge in [-0.25, -0.2) is 0 Å². The average molecular weight is 279 g/mol. The molecule has 0 bridgehead atoms. The Morgan fingerprint density at radius 2 is 2.11 bits per heavy atom. The lowest BCUT2D eigenvalue weighted by molar-refractivity contribution is -0.147. The molecular formula is C15H21NO2S. The van der Waals surface area contributed by atoms with Crippen LogP contribution in [-0.2, 0) is 4.79 Å². The zero-order chi connectivity index (χ0) is 13.9. The number of carbonyl (C=O) groups is 1. The van der Waals surface area contributed by atoms with Gasteiger partial charge in [0.1, 0.15) is 0 Å². The molecule has 3 nitrogen and oxygen atoms in total. The van der Waals surface area contributed by atoms with Gasteiger partial charge in [0.25, 0.3) is 0 Å². The molecule has 0 saturated carbocycles. The molecule has 0 amide bonds. The largest absolute Gasteiger partial charge is 0.481 e. The number of likely N-dealkylation sites (tertiary alicyclic amines) is 1. The molecule has 0 aliphatic carbocycles. The summed E-state index contributed by atoms with van der Waals surface area (Å²) in [6.45, 7) is 6.48. The highest BCUT2D eigenvalue weighted by Crippen LogP contribution is 2.30. The van der Waals surface area contributed by atoms with E-state index in [1.807, 2.05) is 18.7 Å². The fraction of sp³-hybridized carbons (Fsp3) is 0.533. The third-order valence-corrected chi connectivity index (χ3v) is 4.76. The third kappa shape index (κ3) is 3.74. The summed E-state index contributed by atoms with van der Waals surface area (Å²) < 4.78 is 0. The minimum Gasteiger partial charge on any atom is -0.481 e. The van der Waals surface area contributed by atoms with Gasteiger partial charge in [0.15, 0.2) is 0 Å². The van der Waals surface area contributed by atoms with Gasteiger partial charge in [0, 0.05) is 23.7 Å². The predicted octanol–water partition coefficient (Wildman–Crippen LogP) is 2.88. The van der Waals surface area contributed by atoms with E-state index in [4.69, 9.17) is 0 Å². The van der Waals surface area contributed by atoms with Gasteiger partial charge in [-0.1, -0.05) is 17.7 Å². The smallest absolute Gasteiger partial charge is 0.310 e. The summed E-state index contributed by atoms with van der Waals surface area (Å²) in [5.41, 5.74) is 0.732. The zero-order valence-electron chi connectivity index (χ0n) is 11.6. The summed E-state index contributed by atoms with van der Waals surface area (Å²) in [6.07, 6.45) is 0.761. The number of aliphatic carboxylic acids is 1. The van der Waals surface area contributed by atoms with Crippen LogP contribution in [0.15, 0.2) is 29.2 Å². The molecular weight excluding hydrogens is 258 g/mol. The van der Waals surface area contributed by atoms with Crippen molar-refractivity contribution >= 4 is 17.7 Å². The highest BCUT2D eigenvalue weighted by atomic mass is 32.2. The Labute approximate surface area is 119 Å². The van der Waals surface area contributed by atoms with Gasteiger partial charge >= 0.3 is 5.97 Å². The average Bonchev–Trinajstić information content (AvgIpc) is 2.75. The number of rotatable bonds is 5. The lowest BCUT2D eigenvalue weighted by atomic mass is 9.90. The van der Waals surface area contributed by atoms with Gasteiger partial charge in [-0.3, -0.25) is 4.79 Å². The summed E-state index contributed by atoms with van der Waals surface area (Å²) in [6, 6.07) is 8.54. The normalized spacial score (nSPS) is 23.7. The molecule has 1 fully saturated rings. The molecule has 0 spiro atoms. The van der Waals surface area contributed by atoms with E-state index >= 15 is 0 Å². The molecule has 1 atom stereocenters. The van der Waals surface area contributed by atoms with Crippen molar-refractivity contribution in [2.24, 2.45) is 5.41 Å². The second kappa shape index (κ2) is 5.97. The summed E-state index contributed by atoms with van der Waals surface area (Å²) >= 11 is 1.84. The Hall–Kier alpha value is -1.00. The van der Waals surface area contributed by atoms with E-state index in [9.17, 15) is 9.90 Å². The van der Waals surface area contributed by atoms with E-state index in [1.54, 1.807) is 0 Å². The lowest BCUT2D eigenvalue weighted by Gasteiger charge is -2.19. The predicted molar refractivity (Wildman–Crippen MR) is 78.7 cm³/mol. The molecule has 104 valence electrons. The van der Waals surface area contributed by atoms with Crippen LogP contribution in [0.5, 0.6) is 0 Å². The molecule has 1 heterocycles.